The molecule has 4 rings (SSSR count). The molecule has 5 nitrogen and oxygen atoms in total. The Morgan fingerprint density at radius 2 is 1.72 bits per heavy atom. The van der Waals surface area contributed by atoms with Crippen LogP contribution < -0.4 is 9.47 Å². The van der Waals surface area contributed by atoms with Gasteiger partial charge in [-0.3, -0.25) is 0 Å². The first kappa shape index (κ1) is 15.2. The zero-order valence-corrected chi connectivity index (χ0v) is 13.7. The summed E-state index contributed by atoms with van der Waals surface area (Å²) >= 11 is 0. The molecule has 0 spiro atoms. The molecule has 4 aromatic rings. The highest BCUT2D eigenvalue weighted by molar-refractivity contribution is 5.88. The van der Waals surface area contributed by atoms with Gasteiger partial charge in [0.15, 0.2) is 6.61 Å². The molecule has 0 saturated carbocycles. The molecular weight excluding hydrogens is 316 g/mol. The Morgan fingerprint density at radius 1 is 0.920 bits per heavy atom. The summed E-state index contributed by atoms with van der Waals surface area (Å²) in [5, 5.41) is 6.18. The quantitative estimate of drug-likeness (QED) is 0.539. The first-order valence-electron chi connectivity index (χ1n) is 7.91. The average Bonchev–Trinajstić information content (AvgIpc) is 3.15. The van der Waals surface area contributed by atoms with E-state index in [0.29, 0.717) is 11.7 Å². The van der Waals surface area contributed by atoms with Crippen LogP contribution in [-0.4, -0.2) is 17.3 Å². The summed E-state index contributed by atoms with van der Waals surface area (Å²) in [6, 6.07) is 21.5. The summed E-state index contributed by atoms with van der Waals surface area (Å²) in [6.45, 7) is 0.244. The minimum absolute atomic E-state index is 0.244. The SMILES string of the molecule is COc1ccc(-c2nc(COc3cccc4ccccc34)no2)cc1. The molecule has 0 saturated heterocycles. The molecule has 0 amide bonds. The molecule has 25 heavy (non-hydrogen) atoms. The van der Waals surface area contributed by atoms with Gasteiger partial charge in [-0.05, 0) is 35.7 Å². The van der Waals surface area contributed by atoms with Crippen LogP contribution in [0.3, 0.4) is 0 Å². The Kier molecular flexibility index (Phi) is 4.04. The number of nitrogens with zero attached hydrogens (tertiary/aromatic N) is 2. The molecule has 0 aliphatic heterocycles. The van der Waals surface area contributed by atoms with Gasteiger partial charge in [0.1, 0.15) is 11.5 Å². The third-order valence-electron chi connectivity index (χ3n) is 3.91. The van der Waals surface area contributed by atoms with Gasteiger partial charge in [0.2, 0.25) is 5.82 Å². The second-order valence-electron chi connectivity index (χ2n) is 5.51. The maximum atomic E-state index is 5.89. The number of rotatable bonds is 5. The minimum atomic E-state index is 0.244. The second-order valence-corrected chi connectivity index (χ2v) is 5.51. The van der Waals surface area contributed by atoms with Gasteiger partial charge < -0.3 is 14.0 Å². The van der Waals surface area contributed by atoms with Crippen LogP contribution in [0, 0.1) is 0 Å². The molecule has 0 atom stereocenters. The van der Waals surface area contributed by atoms with Gasteiger partial charge in [-0.2, -0.15) is 4.98 Å². The van der Waals surface area contributed by atoms with Gasteiger partial charge in [0.25, 0.3) is 5.89 Å². The van der Waals surface area contributed by atoms with Crippen LogP contribution in [0.15, 0.2) is 71.3 Å². The van der Waals surface area contributed by atoms with E-state index in [1.807, 2.05) is 54.6 Å². The molecule has 0 bridgehead atoms. The highest BCUT2D eigenvalue weighted by Gasteiger charge is 2.10. The van der Waals surface area contributed by atoms with Crippen molar-refractivity contribution in [3.05, 3.63) is 72.6 Å². The lowest BCUT2D eigenvalue weighted by Gasteiger charge is -2.07. The topological polar surface area (TPSA) is 57.4 Å². The molecule has 0 aliphatic carbocycles. The van der Waals surface area contributed by atoms with Crippen LogP contribution in [0.1, 0.15) is 5.82 Å². The number of ether oxygens (including phenoxy) is 2. The molecule has 0 fully saturated rings. The molecule has 124 valence electrons. The van der Waals surface area contributed by atoms with Crippen molar-refractivity contribution in [3.63, 3.8) is 0 Å². The van der Waals surface area contributed by atoms with Crippen molar-refractivity contribution in [1.29, 1.82) is 0 Å². The van der Waals surface area contributed by atoms with Crippen molar-refractivity contribution in [2.24, 2.45) is 0 Å². The van der Waals surface area contributed by atoms with Crippen molar-refractivity contribution in [1.82, 2.24) is 10.1 Å². The van der Waals surface area contributed by atoms with E-state index < -0.39 is 0 Å². The summed E-state index contributed by atoms with van der Waals surface area (Å²) in [7, 11) is 1.63. The van der Waals surface area contributed by atoms with Crippen LogP contribution in [0.4, 0.5) is 0 Å². The fraction of sp³-hybridized carbons (Fsp3) is 0.100. The lowest BCUT2D eigenvalue weighted by Crippen LogP contribution is -1.98. The number of fused-ring (bicyclic) bond motifs is 1. The van der Waals surface area contributed by atoms with Crippen LogP contribution in [0.5, 0.6) is 11.5 Å². The van der Waals surface area contributed by atoms with Gasteiger partial charge in [-0.25, -0.2) is 0 Å². The van der Waals surface area contributed by atoms with Crippen LogP contribution in [0.25, 0.3) is 22.2 Å². The summed E-state index contributed by atoms with van der Waals surface area (Å²) in [5.41, 5.74) is 0.838. The predicted molar refractivity (Wildman–Crippen MR) is 94.6 cm³/mol. The third-order valence-corrected chi connectivity index (χ3v) is 3.91. The van der Waals surface area contributed by atoms with Crippen LogP contribution >= 0.6 is 0 Å². The van der Waals surface area contributed by atoms with Gasteiger partial charge >= 0.3 is 0 Å². The fourth-order valence-corrected chi connectivity index (χ4v) is 2.63. The molecule has 0 unspecified atom stereocenters. The number of hydrogen-bond donors (Lipinski definition) is 0. The summed E-state index contributed by atoms with van der Waals surface area (Å²) in [4.78, 5) is 4.39. The maximum absolute atomic E-state index is 5.89. The lowest BCUT2D eigenvalue weighted by molar-refractivity contribution is 0.290. The van der Waals surface area contributed by atoms with E-state index >= 15 is 0 Å². The Morgan fingerprint density at radius 3 is 2.56 bits per heavy atom. The Balaban J connectivity index is 1.51. The van der Waals surface area contributed by atoms with Crippen LogP contribution in [-0.2, 0) is 6.61 Å². The van der Waals surface area contributed by atoms with E-state index in [4.69, 9.17) is 14.0 Å². The lowest BCUT2D eigenvalue weighted by atomic mass is 10.1. The molecular formula is C20H16N2O3. The fourth-order valence-electron chi connectivity index (χ4n) is 2.63. The molecule has 3 aromatic carbocycles. The number of hydrogen-bond acceptors (Lipinski definition) is 5. The van der Waals surface area contributed by atoms with E-state index in [0.717, 1.165) is 27.8 Å². The summed E-state index contributed by atoms with van der Waals surface area (Å²) in [5.74, 6) is 2.54. The van der Waals surface area contributed by atoms with E-state index in [1.54, 1.807) is 7.11 Å². The number of methoxy groups -OCH3 is 1. The van der Waals surface area contributed by atoms with E-state index in [2.05, 4.69) is 22.3 Å². The second kappa shape index (κ2) is 6.65. The van der Waals surface area contributed by atoms with Gasteiger partial charge in [0.05, 0.1) is 7.11 Å². The summed E-state index contributed by atoms with van der Waals surface area (Å²) in [6.07, 6.45) is 0. The van der Waals surface area contributed by atoms with Crippen molar-refractivity contribution in [2.45, 2.75) is 6.61 Å². The Bertz CT molecular complexity index is 988. The molecule has 0 radical (unpaired) electrons. The molecule has 0 N–H and O–H groups in total. The monoisotopic (exact) mass is 332 g/mol. The van der Waals surface area contributed by atoms with Crippen molar-refractivity contribution in [3.8, 4) is 23.0 Å². The van der Waals surface area contributed by atoms with Crippen molar-refractivity contribution in [2.75, 3.05) is 7.11 Å². The molecule has 5 heteroatoms. The van der Waals surface area contributed by atoms with Crippen LogP contribution in [0.2, 0.25) is 0 Å². The minimum Gasteiger partial charge on any atom is -0.497 e. The highest BCUT2D eigenvalue weighted by Crippen LogP contribution is 2.26. The standard InChI is InChI=1S/C20H16N2O3/c1-23-16-11-9-15(10-12-16)20-21-19(22-25-20)13-24-18-8-4-6-14-5-2-3-7-17(14)18/h2-12H,13H2,1H3. The Labute approximate surface area is 144 Å². The molecule has 1 aromatic heterocycles. The maximum Gasteiger partial charge on any atom is 0.258 e. The molecule has 1 heterocycles. The van der Waals surface area contributed by atoms with Gasteiger partial charge in [0, 0.05) is 10.9 Å². The number of benzene rings is 3. The average molecular weight is 332 g/mol. The largest absolute Gasteiger partial charge is 0.497 e. The van der Waals surface area contributed by atoms with E-state index in [-0.39, 0.29) is 6.61 Å². The predicted octanol–water partition coefficient (Wildman–Crippen LogP) is 4.48. The zero-order valence-electron chi connectivity index (χ0n) is 13.7. The number of aromatic nitrogens is 2. The summed E-state index contributed by atoms with van der Waals surface area (Å²) < 4.78 is 16.4. The van der Waals surface area contributed by atoms with Crippen molar-refractivity contribution >= 4 is 10.8 Å². The highest BCUT2D eigenvalue weighted by atomic mass is 16.5. The normalized spacial score (nSPS) is 10.8. The first-order chi connectivity index (χ1) is 12.3. The molecule has 0 aliphatic rings. The van der Waals surface area contributed by atoms with Gasteiger partial charge in [-0.15, -0.1) is 0 Å². The van der Waals surface area contributed by atoms with Gasteiger partial charge in [-0.1, -0.05) is 41.6 Å². The van der Waals surface area contributed by atoms with E-state index in [1.165, 1.54) is 0 Å². The smallest absolute Gasteiger partial charge is 0.258 e. The van der Waals surface area contributed by atoms with Crippen molar-refractivity contribution < 1.29 is 14.0 Å². The first-order valence-corrected chi connectivity index (χ1v) is 7.91. The third kappa shape index (κ3) is 3.17. The van der Waals surface area contributed by atoms with E-state index in [9.17, 15) is 0 Å². The zero-order chi connectivity index (χ0) is 17.1. The Hall–Kier alpha value is -3.34.